The first-order valence-electron chi connectivity index (χ1n) is 5.84. The highest BCUT2D eigenvalue weighted by molar-refractivity contribution is 5.66. The lowest BCUT2D eigenvalue weighted by molar-refractivity contribution is -0.137. The van der Waals surface area contributed by atoms with Crippen LogP contribution in [0.15, 0.2) is 18.2 Å². The van der Waals surface area contributed by atoms with Crippen molar-refractivity contribution in [3.63, 3.8) is 0 Å². The second-order valence-corrected chi connectivity index (χ2v) is 4.11. The average molecular weight is 267 g/mol. The highest BCUT2D eigenvalue weighted by atomic mass is 16.5. The molecule has 0 heterocycles. The molecule has 1 atom stereocenters. The van der Waals surface area contributed by atoms with Gasteiger partial charge in [0, 0.05) is 12.5 Å². The number of phenolic OH excluding ortho intramolecular Hbond substituents is 1. The van der Waals surface area contributed by atoms with Crippen LogP contribution in [0.2, 0.25) is 0 Å². The zero-order valence-corrected chi connectivity index (χ0v) is 10.6. The van der Waals surface area contributed by atoms with Gasteiger partial charge in [-0.05, 0) is 36.6 Å². The van der Waals surface area contributed by atoms with Gasteiger partial charge in [-0.25, -0.2) is 0 Å². The van der Waals surface area contributed by atoms with E-state index in [1.165, 1.54) is 13.2 Å². The molecule has 19 heavy (non-hydrogen) atoms. The lowest BCUT2D eigenvalue weighted by Gasteiger charge is -2.16. The number of aromatic hydroxyl groups is 1. The van der Waals surface area contributed by atoms with Crippen molar-refractivity contribution < 1.29 is 24.5 Å². The van der Waals surface area contributed by atoms with E-state index >= 15 is 0 Å². The van der Waals surface area contributed by atoms with Gasteiger partial charge in [0.25, 0.3) is 0 Å². The monoisotopic (exact) mass is 267 g/mol. The van der Waals surface area contributed by atoms with Crippen LogP contribution >= 0.6 is 0 Å². The van der Waals surface area contributed by atoms with Gasteiger partial charge in [-0.3, -0.25) is 9.59 Å². The number of carbonyl (C=O) groups is 2. The summed E-state index contributed by atoms with van der Waals surface area (Å²) >= 11 is 0. The maximum absolute atomic E-state index is 10.5. The Morgan fingerprint density at radius 3 is 2.84 bits per heavy atom. The molecular formula is C13H17NO5. The molecule has 1 rings (SSSR count). The van der Waals surface area contributed by atoms with Gasteiger partial charge in [0.05, 0.1) is 7.11 Å². The lowest BCUT2D eigenvalue weighted by Crippen LogP contribution is -2.30. The molecule has 0 aliphatic rings. The zero-order chi connectivity index (χ0) is 14.3. The topological polar surface area (TPSA) is 95.9 Å². The molecule has 0 bridgehead atoms. The van der Waals surface area contributed by atoms with E-state index in [-0.39, 0.29) is 18.2 Å². The first-order chi connectivity index (χ1) is 9.06. The molecule has 0 aromatic heterocycles. The Labute approximate surface area is 111 Å². The van der Waals surface area contributed by atoms with Gasteiger partial charge in [0.2, 0.25) is 6.41 Å². The molecule has 1 unspecified atom stereocenters. The van der Waals surface area contributed by atoms with Crippen molar-refractivity contribution in [2.75, 3.05) is 7.11 Å². The quantitative estimate of drug-likeness (QED) is 0.609. The van der Waals surface area contributed by atoms with Crippen LogP contribution in [0.25, 0.3) is 0 Å². The Morgan fingerprint density at radius 1 is 1.53 bits per heavy atom. The van der Waals surface area contributed by atoms with Crippen LogP contribution in [0, 0.1) is 0 Å². The van der Waals surface area contributed by atoms with Gasteiger partial charge in [0.1, 0.15) is 11.5 Å². The second-order valence-electron chi connectivity index (χ2n) is 4.11. The zero-order valence-electron chi connectivity index (χ0n) is 10.6. The number of carboxylic acids is 1. The highest BCUT2D eigenvalue weighted by Gasteiger charge is 2.13. The fraction of sp³-hybridized carbons (Fsp3) is 0.385. The molecule has 6 heteroatoms. The minimum absolute atomic E-state index is 0.0454. The summed E-state index contributed by atoms with van der Waals surface area (Å²) in [6.07, 6.45) is 1.12. The first-order valence-corrected chi connectivity index (χ1v) is 5.84. The van der Waals surface area contributed by atoms with Crippen molar-refractivity contribution in [2.45, 2.75) is 25.3 Å². The van der Waals surface area contributed by atoms with Gasteiger partial charge in [0.15, 0.2) is 0 Å². The van der Waals surface area contributed by atoms with Gasteiger partial charge in [-0.15, -0.1) is 0 Å². The number of carbonyl (C=O) groups excluding carboxylic acids is 1. The minimum Gasteiger partial charge on any atom is -0.508 e. The highest BCUT2D eigenvalue weighted by Crippen LogP contribution is 2.24. The Balaban J connectivity index is 2.76. The maximum Gasteiger partial charge on any atom is 0.303 e. The third-order valence-corrected chi connectivity index (χ3v) is 2.76. The van der Waals surface area contributed by atoms with Crippen molar-refractivity contribution in [2.24, 2.45) is 0 Å². The summed E-state index contributed by atoms with van der Waals surface area (Å²) in [4.78, 5) is 21.1. The summed E-state index contributed by atoms with van der Waals surface area (Å²) in [5.74, 6) is -0.239. The Bertz CT molecular complexity index is 447. The van der Waals surface area contributed by atoms with Gasteiger partial charge in [-0.2, -0.15) is 0 Å². The van der Waals surface area contributed by atoms with Crippen LogP contribution in [-0.4, -0.2) is 35.7 Å². The molecule has 0 spiro atoms. The number of aliphatic carboxylic acids is 1. The summed E-state index contributed by atoms with van der Waals surface area (Å²) in [6.45, 7) is 0. The summed E-state index contributed by atoms with van der Waals surface area (Å²) in [7, 11) is 1.52. The number of carboxylic acid groups (broad SMARTS) is 1. The molecule has 0 aliphatic heterocycles. The van der Waals surface area contributed by atoms with E-state index in [4.69, 9.17) is 9.84 Å². The Kier molecular flexibility index (Phi) is 5.66. The summed E-state index contributed by atoms with van der Waals surface area (Å²) in [5, 5.41) is 20.9. The third kappa shape index (κ3) is 4.87. The fourth-order valence-electron chi connectivity index (χ4n) is 1.76. The van der Waals surface area contributed by atoms with Gasteiger partial charge < -0.3 is 20.3 Å². The van der Waals surface area contributed by atoms with E-state index in [9.17, 15) is 14.7 Å². The van der Waals surface area contributed by atoms with Gasteiger partial charge in [-0.1, -0.05) is 0 Å². The standard InChI is InChI=1S/C13H17NO5/c1-19-11-3-4-12(16)9(7-11)6-10(14-8-15)2-5-13(17)18/h3-4,7-8,10,16H,2,5-6H2,1H3,(H,14,15)(H,17,18). The lowest BCUT2D eigenvalue weighted by atomic mass is 10.0. The van der Waals surface area contributed by atoms with E-state index in [1.54, 1.807) is 12.1 Å². The molecule has 3 N–H and O–H groups in total. The maximum atomic E-state index is 10.5. The molecular weight excluding hydrogens is 250 g/mol. The number of ether oxygens (including phenoxy) is 1. The number of methoxy groups -OCH3 is 1. The molecule has 0 fully saturated rings. The summed E-state index contributed by atoms with van der Waals surface area (Å²) < 4.78 is 5.05. The van der Waals surface area contributed by atoms with Crippen molar-refractivity contribution >= 4 is 12.4 Å². The molecule has 104 valence electrons. The van der Waals surface area contributed by atoms with Crippen LogP contribution in [0.1, 0.15) is 18.4 Å². The number of hydrogen-bond donors (Lipinski definition) is 3. The smallest absolute Gasteiger partial charge is 0.303 e. The number of nitrogens with one attached hydrogen (secondary N) is 1. The molecule has 0 saturated heterocycles. The van der Waals surface area contributed by atoms with E-state index < -0.39 is 5.97 Å². The van der Waals surface area contributed by atoms with Crippen LogP contribution in [0.5, 0.6) is 11.5 Å². The number of rotatable bonds is 8. The van der Waals surface area contributed by atoms with Crippen molar-refractivity contribution in [3.8, 4) is 11.5 Å². The molecule has 1 amide bonds. The van der Waals surface area contributed by atoms with Gasteiger partial charge >= 0.3 is 5.97 Å². The second kappa shape index (κ2) is 7.25. The van der Waals surface area contributed by atoms with E-state index in [1.807, 2.05) is 0 Å². The summed E-state index contributed by atoms with van der Waals surface area (Å²) in [5.41, 5.74) is 0.601. The van der Waals surface area contributed by atoms with Crippen LogP contribution in [0.3, 0.4) is 0 Å². The minimum atomic E-state index is -0.924. The average Bonchev–Trinajstić information content (AvgIpc) is 2.38. The molecule has 1 aromatic rings. The number of phenols is 1. The number of amides is 1. The third-order valence-electron chi connectivity index (χ3n) is 2.76. The predicted molar refractivity (Wildman–Crippen MR) is 68.2 cm³/mol. The molecule has 1 aromatic carbocycles. The van der Waals surface area contributed by atoms with Crippen molar-refractivity contribution in [1.82, 2.24) is 5.32 Å². The van der Waals surface area contributed by atoms with Crippen molar-refractivity contribution in [3.05, 3.63) is 23.8 Å². The largest absolute Gasteiger partial charge is 0.508 e. The normalized spacial score (nSPS) is 11.6. The van der Waals surface area contributed by atoms with Crippen molar-refractivity contribution in [1.29, 1.82) is 0 Å². The predicted octanol–water partition coefficient (Wildman–Crippen LogP) is 0.923. The van der Waals surface area contributed by atoms with Crippen LogP contribution in [0.4, 0.5) is 0 Å². The SMILES string of the molecule is COc1ccc(O)c(CC(CCC(=O)O)NC=O)c1. The summed E-state index contributed by atoms with van der Waals surface area (Å²) in [6, 6.07) is 4.45. The van der Waals surface area contributed by atoms with E-state index in [0.29, 0.717) is 30.6 Å². The number of hydrogen-bond acceptors (Lipinski definition) is 4. The molecule has 0 saturated carbocycles. The first kappa shape index (κ1) is 14.8. The van der Waals surface area contributed by atoms with E-state index in [0.717, 1.165) is 0 Å². The Hall–Kier alpha value is -2.24. The molecule has 0 aliphatic carbocycles. The van der Waals surface area contributed by atoms with E-state index in [2.05, 4.69) is 5.32 Å². The Morgan fingerprint density at radius 2 is 2.26 bits per heavy atom. The fourth-order valence-corrected chi connectivity index (χ4v) is 1.76. The van der Waals surface area contributed by atoms with Crippen LogP contribution in [-0.2, 0) is 16.0 Å². The molecule has 0 radical (unpaired) electrons. The molecule has 6 nitrogen and oxygen atoms in total. The number of benzene rings is 1. The van der Waals surface area contributed by atoms with Crippen LogP contribution < -0.4 is 10.1 Å².